The molecule has 0 spiro atoms. The van der Waals surface area contributed by atoms with E-state index in [9.17, 15) is 8.78 Å². The van der Waals surface area contributed by atoms with Crippen molar-refractivity contribution in [1.29, 1.82) is 0 Å². The van der Waals surface area contributed by atoms with Crippen LogP contribution in [-0.2, 0) is 12.5 Å². The van der Waals surface area contributed by atoms with Gasteiger partial charge in [0.1, 0.15) is 0 Å². The third-order valence-electron chi connectivity index (χ3n) is 2.96. The van der Waals surface area contributed by atoms with Gasteiger partial charge in [-0.05, 0) is 6.07 Å². The summed E-state index contributed by atoms with van der Waals surface area (Å²) in [4.78, 5) is 0. The molecule has 0 atom stereocenters. The van der Waals surface area contributed by atoms with Gasteiger partial charge in [-0.2, -0.15) is 13.3 Å². The van der Waals surface area contributed by atoms with Gasteiger partial charge >= 0.3 is 5.92 Å². The molecule has 2 heterocycles. The third-order valence-corrected chi connectivity index (χ3v) is 2.96. The zero-order valence-electron chi connectivity index (χ0n) is 8.53. The lowest BCUT2D eigenvalue weighted by atomic mass is 9.95. The molecule has 0 bridgehead atoms. The van der Waals surface area contributed by atoms with Crippen molar-refractivity contribution in [1.82, 2.24) is 0 Å². The maximum absolute atomic E-state index is 14.2. The molecule has 3 heteroatoms. The van der Waals surface area contributed by atoms with Crippen molar-refractivity contribution in [2.24, 2.45) is 0 Å². The highest BCUT2D eigenvalue weighted by molar-refractivity contribution is 5.36. The van der Waals surface area contributed by atoms with Gasteiger partial charge in [0, 0.05) is 23.3 Å². The van der Waals surface area contributed by atoms with Crippen LogP contribution in [-0.4, -0.2) is 0 Å². The minimum absolute atomic E-state index is 0.0636. The van der Waals surface area contributed by atoms with Gasteiger partial charge < -0.3 is 0 Å². The number of aromatic nitrogens is 1. The highest BCUT2D eigenvalue weighted by atomic mass is 19.3. The lowest BCUT2D eigenvalue weighted by Crippen LogP contribution is -2.48. The predicted octanol–water partition coefficient (Wildman–Crippen LogP) is 2.48. The molecule has 0 aliphatic carbocycles. The van der Waals surface area contributed by atoms with Crippen LogP contribution in [0.15, 0.2) is 48.7 Å². The maximum atomic E-state index is 14.2. The van der Waals surface area contributed by atoms with Crippen LogP contribution in [0, 0.1) is 0 Å². The van der Waals surface area contributed by atoms with Crippen LogP contribution in [0.2, 0.25) is 0 Å². The van der Waals surface area contributed by atoms with E-state index in [2.05, 4.69) is 0 Å². The van der Waals surface area contributed by atoms with Crippen molar-refractivity contribution in [3.63, 3.8) is 0 Å². The highest BCUT2D eigenvalue weighted by Crippen LogP contribution is 2.37. The minimum atomic E-state index is -2.89. The first kappa shape index (κ1) is 9.46. The van der Waals surface area contributed by atoms with Gasteiger partial charge in [-0.1, -0.05) is 24.3 Å². The molecule has 1 aromatic carbocycles. The molecule has 0 radical (unpaired) electrons. The van der Waals surface area contributed by atoms with Crippen molar-refractivity contribution in [3.8, 4) is 0 Å². The van der Waals surface area contributed by atoms with Crippen LogP contribution in [0.1, 0.15) is 16.8 Å². The summed E-state index contributed by atoms with van der Waals surface area (Å²) in [5.74, 6) is -2.89. The Hall–Kier alpha value is -1.77. The molecule has 1 aliphatic rings. The molecule has 0 saturated heterocycles. The van der Waals surface area contributed by atoms with Crippen molar-refractivity contribution in [3.05, 3.63) is 65.5 Å². The second-order valence-corrected chi connectivity index (χ2v) is 3.95. The number of alkyl halides is 2. The summed E-state index contributed by atoms with van der Waals surface area (Å²) in [5, 5.41) is 0. The molecular weight excluding hydrogens is 208 g/mol. The number of hydrogen-bond acceptors (Lipinski definition) is 0. The molecule has 0 amide bonds. The molecule has 0 saturated carbocycles. The van der Waals surface area contributed by atoms with Crippen LogP contribution < -0.4 is 4.57 Å². The number of pyridine rings is 1. The first-order chi connectivity index (χ1) is 7.69. The van der Waals surface area contributed by atoms with Crippen LogP contribution in [0.3, 0.4) is 0 Å². The van der Waals surface area contributed by atoms with E-state index in [1.165, 1.54) is 12.1 Å². The Labute approximate surface area is 92.0 Å². The number of nitrogens with zero attached hydrogens (tertiary/aromatic N) is 1. The quantitative estimate of drug-likeness (QED) is 0.598. The normalized spacial score (nSPS) is 16.4. The SMILES string of the molecule is FC1(F)c2ccccc2C[n+]2ccccc21. The van der Waals surface area contributed by atoms with E-state index >= 15 is 0 Å². The number of rotatable bonds is 0. The van der Waals surface area contributed by atoms with Crippen molar-refractivity contribution >= 4 is 0 Å². The topological polar surface area (TPSA) is 3.88 Å². The van der Waals surface area contributed by atoms with Crippen LogP contribution in [0.25, 0.3) is 0 Å². The van der Waals surface area contributed by atoms with Gasteiger partial charge in [-0.25, -0.2) is 0 Å². The number of hydrogen-bond donors (Lipinski definition) is 0. The molecule has 2 aromatic rings. The molecule has 1 aliphatic heterocycles. The zero-order valence-corrected chi connectivity index (χ0v) is 8.53. The van der Waals surface area contributed by atoms with E-state index in [4.69, 9.17) is 0 Å². The lowest BCUT2D eigenvalue weighted by molar-refractivity contribution is -0.706. The Balaban J connectivity index is 2.28. The van der Waals surface area contributed by atoms with E-state index in [1.54, 1.807) is 41.1 Å². The van der Waals surface area contributed by atoms with Crippen LogP contribution >= 0.6 is 0 Å². The summed E-state index contributed by atoms with van der Waals surface area (Å²) in [6.45, 7) is 0.516. The van der Waals surface area contributed by atoms with Gasteiger partial charge in [-0.3, -0.25) is 0 Å². The summed E-state index contributed by atoms with van der Waals surface area (Å²) >= 11 is 0. The monoisotopic (exact) mass is 218 g/mol. The smallest absolute Gasteiger partial charge is 0.192 e. The number of benzene rings is 1. The second kappa shape index (κ2) is 3.11. The van der Waals surface area contributed by atoms with Crippen molar-refractivity contribution < 1.29 is 13.3 Å². The predicted molar refractivity (Wildman–Crippen MR) is 55.2 cm³/mol. The Bertz CT molecular complexity index is 502. The van der Waals surface area contributed by atoms with E-state index in [1.807, 2.05) is 0 Å². The number of fused-ring (bicyclic) bond motifs is 2. The summed E-state index contributed by atoms with van der Waals surface area (Å²) < 4.78 is 29.9. The molecule has 1 nitrogen and oxygen atoms in total. The Morgan fingerprint density at radius 2 is 1.75 bits per heavy atom. The highest BCUT2D eigenvalue weighted by Gasteiger charge is 2.47. The summed E-state index contributed by atoms with van der Waals surface area (Å²) in [6, 6.07) is 11.6. The molecule has 80 valence electrons. The van der Waals surface area contributed by atoms with Crippen LogP contribution in [0.5, 0.6) is 0 Å². The average Bonchev–Trinajstić information content (AvgIpc) is 2.29. The van der Waals surface area contributed by atoms with Crippen molar-refractivity contribution in [2.45, 2.75) is 12.5 Å². The summed E-state index contributed by atoms with van der Waals surface area (Å²) in [5.41, 5.74) is 0.881. The Kier molecular flexibility index (Phi) is 1.84. The zero-order chi connectivity index (χ0) is 11.2. The fraction of sp³-hybridized carbons (Fsp3) is 0.154. The standard InChI is InChI=1S/C13H10F2N/c14-13(15)11-6-2-1-5-10(11)9-16-8-4-3-7-12(13)16/h1-8H,9H2/q+1. The molecule has 0 unspecified atom stereocenters. The van der Waals surface area contributed by atoms with Crippen molar-refractivity contribution in [2.75, 3.05) is 0 Å². The van der Waals surface area contributed by atoms with Gasteiger partial charge in [0.15, 0.2) is 12.7 Å². The van der Waals surface area contributed by atoms with Gasteiger partial charge in [0.25, 0.3) is 5.69 Å². The third kappa shape index (κ3) is 1.18. The van der Waals surface area contributed by atoms with Crippen LogP contribution in [0.4, 0.5) is 8.78 Å². The Morgan fingerprint density at radius 3 is 2.62 bits per heavy atom. The van der Waals surface area contributed by atoms with Gasteiger partial charge in [0.05, 0.1) is 0 Å². The van der Waals surface area contributed by atoms with E-state index in [-0.39, 0.29) is 11.3 Å². The lowest BCUT2D eigenvalue weighted by Gasteiger charge is -2.22. The largest absolute Gasteiger partial charge is 0.355 e. The fourth-order valence-electron chi connectivity index (χ4n) is 2.19. The summed E-state index contributed by atoms with van der Waals surface area (Å²) in [6.07, 6.45) is 1.69. The second-order valence-electron chi connectivity index (χ2n) is 3.95. The molecule has 0 N–H and O–H groups in total. The molecule has 1 aromatic heterocycles. The fourth-order valence-corrected chi connectivity index (χ4v) is 2.19. The summed E-state index contributed by atoms with van der Waals surface area (Å²) in [7, 11) is 0. The van der Waals surface area contributed by atoms with Gasteiger partial charge in [-0.15, -0.1) is 0 Å². The molecule has 16 heavy (non-hydrogen) atoms. The maximum Gasteiger partial charge on any atom is 0.355 e. The van der Waals surface area contributed by atoms with E-state index in [0.29, 0.717) is 12.1 Å². The Morgan fingerprint density at radius 1 is 1.00 bits per heavy atom. The van der Waals surface area contributed by atoms with E-state index in [0.717, 1.165) is 0 Å². The first-order valence-electron chi connectivity index (χ1n) is 5.15. The minimum Gasteiger partial charge on any atom is -0.192 e. The molecular formula is C13H10F2N+. The number of halogens is 2. The molecule has 3 rings (SSSR count). The average molecular weight is 218 g/mol. The first-order valence-corrected chi connectivity index (χ1v) is 5.15. The van der Waals surface area contributed by atoms with E-state index < -0.39 is 5.92 Å². The van der Waals surface area contributed by atoms with Gasteiger partial charge in [0.2, 0.25) is 0 Å². The molecule has 0 fully saturated rings.